The monoisotopic (exact) mass is 334 g/mol. The molecule has 0 bridgehead atoms. The van der Waals surface area contributed by atoms with Crippen LogP contribution >= 0.6 is 7.92 Å². The van der Waals surface area contributed by atoms with Crippen molar-refractivity contribution < 1.29 is 0 Å². The zero-order valence-electron chi connectivity index (χ0n) is 14.5. The molecule has 2 aliphatic rings. The van der Waals surface area contributed by atoms with E-state index in [1.807, 2.05) is 0 Å². The van der Waals surface area contributed by atoms with Crippen LogP contribution in [0.1, 0.15) is 32.6 Å². The molecule has 1 fully saturated rings. The minimum Gasteiger partial charge on any atom is -0.0880 e. The number of hydrogen-bond donors (Lipinski definition) is 0. The van der Waals surface area contributed by atoms with Crippen molar-refractivity contribution in [1.29, 1.82) is 0 Å². The molecule has 0 saturated heterocycles. The largest absolute Gasteiger partial charge is 0.0880 e. The van der Waals surface area contributed by atoms with Crippen molar-refractivity contribution in [3.05, 3.63) is 72.8 Å². The Bertz CT molecular complexity index is 636. The number of hydrogen-bond acceptors (Lipinski definition) is 0. The summed E-state index contributed by atoms with van der Waals surface area (Å²) in [6, 6.07) is 22.6. The van der Waals surface area contributed by atoms with E-state index < -0.39 is 0 Å². The van der Waals surface area contributed by atoms with Gasteiger partial charge in [0.1, 0.15) is 0 Å². The van der Waals surface area contributed by atoms with Crippen LogP contribution < -0.4 is 10.6 Å². The molecule has 0 heterocycles. The molecule has 0 radical (unpaired) electrons. The SMILES string of the molecule is CC1CC=CC1C1CCC[C@H]1P(c1ccccc1)c1ccccc1. The molecule has 0 spiro atoms. The van der Waals surface area contributed by atoms with Crippen molar-refractivity contribution in [3.63, 3.8) is 0 Å². The molecule has 4 rings (SSSR count). The number of benzene rings is 2. The van der Waals surface area contributed by atoms with Gasteiger partial charge in [-0.3, -0.25) is 0 Å². The second-order valence-corrected chi connectivity index (χ2v) is 9.86. The molecule has 2 aromatic carbocycles. The molecule has 124 valence electrons. The van der Waals surface area contributed by atoms with Gasteiger partial charge in [-0.05, 0) is 61.2 Å². The van der Waals surface area contributed by atoms with Gasteiger partial charge < -0.3 is 0 Å². The van der Waals surface area contributed by atoms with E-state index in [9.17, 15) is 0 Å². The molecular weight excluding hydrogens is 307 g/mol. The van der Waals surface area contributed by atoms with E-state index in [-0.39, 0.29) is 7.92 Å². The molecule has 1 saturated carbocycles. The molecular formula is C23H27P. The molecule has 0 N–H and O–H groups in total. The Morgan fingerprint density at radius 1 is 0.833 bits per heavy atom. The average Bonchev–Trinajstić information content (AvgIpc) is 3.26. The van der Waals surface area contributed by atoms with Crippen molar-refractivity contribution in [2.24, 2.45) is 17.8 Å². The van der Waals surface area contributed by atoms with Gasteiger partial charge in [-0.25, -0.2) is 0 Å². The van der Waals surface area contributed by atoms with Gasteiger partial charge in [-0.2, -0.15) is 0 Å². The Labute approximate surface area is 147 Å². The number of allylic oxidation sites excluding steroid dienone is 2. The van der Waals surface area contributed by atoms with Gasteiger partial charge in [0.2, 0.25) is 0 Å². The van der Waals surface area contributed by atoms with Crippen molar-refractivity contribution in [2.75, 3.05) is 0 Å². The fourth-order valence-corrected chi connectivity index (χ4v) is 8.03. The van der Waals surface area contributed by atoms with Crippen molar-refractivity contribution >= 4 is 18.5 Å². The average molecular weight is 334 g/mol. The summed E-state index contributed by atoms with van der Waals surface area (Å²) in [6.07, 6.45) is 10.5. The predicted octanol–water partition coefficient (Wildman–Crippen LogP) is 5.50. The lowest BCUT2D eigenvalue weighted by atomic mass is 9.84. The van der Waals surface area contributed by atoms with Gasteiger partial charge in [0, 0.05) is 0 Å². The maximum Gasteiger partial charge on any atom is -0.00947 e. The van der Waals surface area contributed by atoms with Crippen LogP contribution in [0.15, 0.2) is 72.8 Å². The van der Waals surface area contributed by atoms with Gasteiger partial charge in [-0.15, -0.1) is 0 Å². The Hall–Kier alpha value is -1.39. The predicted molar refractivity (Wildman–Crippen MR) is 107 cm³/mol. The third kappa shape index (κ3) is 3.09. The lowest BCUT2D eigenvalue weighted by Gasteiger charge is -2.34. The van der Waals surface area contributed by atoms with E-state index in [2.05, 4.69) is 79.7 Å². The van der Waals surface area contributed by atoms with Crippen LogP contribution in [0, 0.1) is 17.8 Å². The zero-order valence-corrected chi connectivity index (χ0v) is 15.4. The molecule has 1 heteroatoms. The van der Waals surface area contributed by atoms with Crippen LogP contribution in [0.5, 0.6) is 0 Å². The summed E-state index contributed by atoms with van der Waals surface area (Å²) in [5.74, 6) is 2.50. The van der Waals surface area contributed by atoms with Gasteiger partial charge in [0.15, 0.2) is 0 Å². The Morgan fingerprint density at radius 3 is 2.00 bits per heavy atom. The lowest BCUT2D eigenvalue weighted by molar-refractivity contribution is 0.324. The van der Waals surface area contributed by atoms with E-state index in [0.29, 0.717) is 0 Å². The molecule has 3 unspecified atom stereocenters. The third-order valence-electron chi connectivity index (χ3n) is 5.95. The molecule has 0 nitrogen and oxygen atoms in total. The van der Waals surface area contributed by atoms with Gasteiger partial charge in [-0.1, -0.05) is 86.2 Å². The zero-order chi connectivity index (χ0) is 16.4. The first-order valence-corrected chi connectivity index (χ1v) is 10.8. The highest BCUT2D eigenvalue weighted by Gasteiger charge is 2.40. The molecule has 4 atom stereocenters. The van der Waals surface area contributed by atoms with E-state index in [1.165, 1.54) is 25.7 Å². The maximum atomic E-state index is 2.54. The highest BCUT2D eigenvalue weighted by atomic mass is 31.1. The van der Waals surface area contributed by atoms with Crippen LogP contribution in [0.3, 0.4) is 0 Å². The van der Waals surface area contributed by atoms with Crippen molar-refractivity contribution in [3.8, 4) is 0 Å². The summed E-state index contributed by atoms with van der Waals surface area (Å²) in [5.41, 5.74) is 0.833. The molecule has 2 aliphatic carbocycles. The second-order valence-electron chi connectivity index (χ2n) is 7.42. The van der Waals surface area contributed by atoms with Crippen LogP contribution in [0.4, 0.5) is 0 Å². The maximum absolute atomic E-state index is 2.54. The van der Waals surface area contributed by atoms with Gasteiger partial charge in [0.05, 0.1) is 0 Å². The fourth-order valence-electron chi connectivity index (χ4n) is 4.81. The molecule has 0 amide bonds. The summed E-state index contributed by atoms with van der Waals surface area (Å²) in [5, 5.41) is 3.12. The summed E-state index contributed by atoms with van der Waals surface area (Å²) in [7, 11) is -0.260. The second kappa shape index (κ2) is 7.24. The number of rotatable bonds is 4. The minimum absolute atomic E-state index is 0.260. The Kier molecular flexibility index (Phi) is 4.86. The van der Waals surface area contributed by atoms with E-state index in [4.69, 9.17) is 0 Å². The van der Waals surface area contributed by atoms with Crippen LogP contribution in [0.2, 0.25) is 0 Å². The first-order valence-electron chi connectivity index (χ1n) is 9.40. The molecule has 24 heavy (non-hydrogen) atoms. The van der Waals surface area contributed by atoms with Crippen LogP contribution in [-0.4, -0.2) is 5.66 Å². The van der Waals surface area contributed by atoms with Crippen molar-refractivity contribution in [2.45, 2.75) is 38.3 Å². The molecule has 0 aromatic heterocycles. The minimum atomic E-state index is -0.260. The molecule has 2 aromatic rings. The van der Waals surface area contributed by atoms with E-state index in [0.717, 1.165) is 23.4 Å². The van der Waals surface area contributed by atoms with Gasteiger partial charge >= 0.3 is 0 Å². The lowest BCUT2D eigenvalue weighted by Crippen LogP contribution is -2.29. The summed E-state index contributed by atoms with van der Waals surface area (Å²) < 4.78 is 0. The van der Waals surface area contributed by atoms with Crippen molar-refractivity contribution in [1.82, 2.24) is 0 Å². The first kappa shape index (κ1) is 16.1. The van der Waals surface area contributed by atoms with E-state index >= 15 is 0 Å². The Morgan fingerprint density at radius 2 is 1.46 bits per heavy atom. The fraction of sp³-hybridized carbons (Fsp3) is 0.391. The smallest absolute Gasteiger partial charge is 0.00947 e. The summed E-state index contributed by atoms with van der Waals surface area (Å²) in [4.78, 5) is 0. The normalized spacial score (nSPS) is 29.4. The quantitative estimate of drug-likeness (QED) is 0.511. The highest BCUT2D eigenvalue weighted by Crippen LogP contribution is 2.54. The highest BCUT2D eigenvalue weighted by molar-refractivity contribution is 7.73. The van der Waals surface area contributed by atoms with Crippen LogP contribution in [0.25, 0.3) is 0 Å². The van der Waals surface area contributed by atoms with Gasteiger partial charge in [0.25, 0.3) is 0 Å². The van der Waals surface area contributed by atoms with E-state index in [1.54, 1.807) is 10.6 Å². The standard InChI is InChI=1S/C23H27P/c1-18-10-8-15-21(18)22-16-9-17-23(22)24(19-11-4-2-5-12-19)20-13-6-3-7-14-20/h2-8,11-15,18,21-23H,9-10,16-17H2,1H3/t18?,21?,22?,23-/m1/s1. The molecule has 0 aliphatic heterocycles. The summed E-state index contributed by atoms with van der Waals surface area (Å²) in [6.45, 7) is 2.45. The van der Waals surface area contributed by atoms with Crippen LogP contribution in [-0.2, 0) is 0 Å². The third-order valence-corrected chi connectivity index (χ3v) is 8.96. The summed E-state index contributed by atoms with van der Waals surface area (Å²) >= 11 is 0. The topological polar surface area (TPSA) is 0 Å². The Balaban J connectivity index is 1.71. The first-order chi connectivity index (χ1) is 11.8.